The Balaban J connectivity index is 0.000000256. The fourth-order valence-corrected chi connectivity index (χ4v) is 12.6. The molecule has 0 aliphatic carbocycles. The number of hydrogen-bond donors (Lipinski definition) is 4. The lowest BCUT2D eigenvalue weighted by Crippen LogP contribution is -2.51. The highest BCUT2D eigenvalue weighted by Crippen LogP contribution is 2.38. The molecule has 107 heavy (non-hydrogen) atoms. The predicted molar refractivity (Wildman–Crippen MR) is 439 cm³/mol. The molecule has 1 aromatic heterocycles. The first kappa shape index (κ1) is 89.6. The number of ketones is 4. The van der Waals surface area contributed by atoms with Crippen LogP contribution in [0.25, 0.3) is 44.6 Å². The van der Waals surface area contributed by atoms with E-state index in [1.807, 2.05) is 159 Å². The van der Waals surface area contributed by atoms with E-state index < -0.39 is 22.6 Å². The average Bonchev–Trinajstić information content (AvgIpc) is 0.842. The Morgan fingerprint density at radius 1 is 0.318 bits per heavy atom. The van der Waals surface area contributed by atoms with Gasteiger partial charge < -0.3 is 21.3 Å². The van der Waals surface area contributed by atoms with E-state index in [1.54, 1.807) is 42.5 Å². The van der Waals surface area contributed by atoms with Gasteiger partial charge in [0.2, 0.25) is 0 Å². The van der Waals surface area contributed by atoms with Crippen LogP contribution in [0.2, 0.25) is 0 Å². The summed E-state index contributed by atoms with van der Waals surface area (Å²) in [7, 11) is 0. The molecule has 1 heterocycles. The van der Waals surface area contributed by atoms with E-state index in [2.05, 4.69) is 169 Å². The van der Waals surface area contributed by atoms with Crippen LogP contribution in [0.15, 0.2) is 188 Å². The standard InChI is InChI=1S/C24H30F3NO.C24H33NO.C23H30FNO.C23H32N2O/c1-22(2,3)21(29)20(28-23(4,5)6)15-16-11-13-17(14-12-16)18-9-7-8-10-19(18)24(25,26)27;1-17-10-8-9-11-20(17)19-14-12-18(13-15-19)16-21(25-24(5,6)7)22(26)23(2,3)4;1-22(2,3)21(26)20(25-23(4,5)6)15-16-11-13-17(14-12-16)18-9-7-8-10-19(18)24;1-16-10-8-9-11-18(16)19-13-12-17(15-24-19)14-20(25-23(5,6)7)21(26)22(2,3)4/h7-14,20,28H,15H2,1-6H3;8-15,21,25H,16H2,1-7H3;7-14,20,25H,15H2,1-6H3;8-13,15,20,25H,14H2,1-7H3. The molecule has 7 aromatic carbocycles. The lowest BCUT2D eigenvalue weighted by atomic mass is 9.83. The second kappa shape index (κ2) is 36.9. The van der Waals surface area contributed by atoms with Crippen LogP contribution in [0.1, 0.15) is 205 Å². The molecule has 0 saturated heterocycles. The van der Waals surface area contributed by atoms with Gasteiger partial charge in [-0.25, -0.2) is 4.39 Å². The third-order valence-electron chi connectivity index (χ3n) is 17.7. The SMILES string of the molecule is CC(C)(C)NC(Cc1ccc(-c2ccccc2C(F)(F)F)cc1)C(=O)C(C)(C)C.CC(C)(C)NC(Cc1ccc(-c2ccccc2F)cc1)C(=O)C(C)(C)C.Cc1ccccc1-c1ccc(CC(NC(C)(C)C)C(=O)C(C)(C)C)cc1.Cc1ccccc1-c1ccc(CC(NC(C)(C)C)C(=O)C(C)(C)C)cn1. The van der Waals surface area contributed by atoms with Crippen LogP contribution in [0.4, 0.5) is 17.6 Å². The first-order valence-corrected chi connectivity index (χ1v) is 37.6. The number of aromatic nitrogens is 1. The number of aryl methyl sites for hydroxylation is 2. The molecule has 0 aliphatic rings. The zero-order valence-electron chi connectivity index (χ0n) is 69.1. The fourth-order valence-electron chi connectivity index (χ4n) is 12.6. The Morgan fingerprint density at radius 3 is 0.869 bits per heavy atom. The van der Waals surface area contributed by atoms with Crippen LogP contribution in [-0.2, 0) is 51.0 Å². The third kappa shape index (κ3) is 29.8. The summed E-state index contributed by atoms with van der Waals surface area (Å²) in [5.41, 5.74) is 10.5. The molecule has 8 aromatic rings. The number of benzene rings is 7. The minimum Gasteiger partial charge on any atom is -0.302 e. The summed E-state index contributed by atoms with van der Waals surface area (Å²) < 4.78 is 53.8. The first-order valence-electron chi connectivity index (χ1n) is 37.6. The molecule has 0 fully saturated rings. The normalized spacial score (nSPS) is 13.6. The Morgan fingerprint density at radius 2 is 0.579 bits per heavy atom. The molecule has 0 saturated carbocycles. The number of rotatable bonds is 20. The molecule has 0 spiro atoms. The number of halogens is 4. The molecular formula is C94H125F4N5O4. The van der Waals surface area contributed by atoms with Crippen LogP contribution in [-0.4, -0.2) is 74.4 Å². The van der Waals surface area contributed by atoms with E-state index in [-0.39, 0.29) is 91.7 Å². The van der Waals surface area contributed by atoms with E-state index in [9.17, 15) is 36.7 Å². The van der Waals surface area contributed by atoms with Crippen molar-refractivity contribution in [1.29, 1.82) is 0 Å². The molecule has 9 nitrogen and oxygen atoms in total. The highest BCUT2D eigenvalue weighted by atomic mass is 19.4. The number of hydrogen-bond acceptors (Lipinski definition) is 9. The maximum atomic E-state index is 14.0. The first-order chi connectivity index (χ1) is 49.1. The smallest absolute Gasteiger partial charge is 0.302 e. The fraction of sp³-hybridized carbons (Fsp3) is 0.457. The number of Topliss-reactive ketones (excluding diaryl/α,β-unsaturated/α-hetero) is 4. The van der Waals surface area contributed by atoms with Crippen molar-refractivity contribution >= 4 is 23.1 Å². The number of carbonyl (C=O) groups is 4. The molecule has 13 heteroatoms. The largest absolute Gasteiger partial charge is 0.417 e. The Labute approximate surface area is 640 Å². The third-order valence-corrected chi connectivity index (χ3v) is 17.7. The molecule has 0 aliphatic heterocycles. The van der Waals surface area contributed by atoms with Crippen molar-refractivity contribution in [1.82, 2.24) is 26.3 Å². The molecule has 8 rings (SSSR count). The minimum absolute atomic E-state index is 0.104. The van der Waals surface area contributed by atoms with E-state index in [1.165, 1.54) is 46.0 Å². The van der Waals surface area contributed by atoms with Crippen molar-refractivity contribution in [3.05, 3.63) is 233 Å². The van der Waals surface area contributed by atoms with Gasteiger partial charge in [-0.15, -0.1) is 0 Å². The lowest BCUT2D eigenvalue weighted by molar-refractivity contribution is -0.137. The highest BCUT2D eigenvalue weighted by Gasteiger charge is 2.37. The molecule has 4 atom stereocenters. The molecule has 4 unspecified atom stereocenters. The van der Waals surface area contributed by atoms with Crippen molar-refractivity contribution in [3.63, 3.8) is 0 Å². The van der Waals surface area contributed by atoms with Crippen molar-refractivity contribution < 1.29 is 36.7 Å². The highest BCUT2D eigenvalue weighted by molar-refractivity contribution is 5.91. The van der Waals surface area contributed by atoms with Gasteiger partial charge in [0.25, 0.3) is 0 Å². The summed E-state index contributed by atoms with van der Waals surface area (Å²) in [6.07, 6.45) is -0.0550. The van der Waals surface area contributed by atoms with Gasteiger partial charge >= 0.3 is 6.18 Å². The summed E-state index contributed by atoms with van der Waals surface area (Å²) in [5, 5.41) is 13.9. The van der Waals surface area contributed by atoms with Crippen molar-refractivity contribution in [2.75, 3.05) is 0 Å². The van der Waals surface area contributed by atoms with Gasteiger partial charge in [-0.2, -0.15) is 13.2 Å². The summed E-state index contributed by atoms with van der Waals surface area (Å²) in [4.78, 5) is 56.2. The Kier molecular flexibility index (Phi) is 30.9. The van der Waals surface area contributed by atoms with Crippen molar-refractivity contribution in [2.45, 2.75) is 258 Å². The summed E-state index contributed by atoms with van der Waals surface area (Å²) in [5.74, 6) is 0.575. The van der Waals surface area contributed by atoms with E-state index >= 15 is 0 Å². The summed E-state index contributed by atoms with van der Waals surface area (Å²) >= 11 is 0. The van der Waals surface area contributed by atoms with E-state index in [0.29, 0.717) is 36.8 Å². The molecular weight excluding hydrogens is 1340 g/mol. The lowest BCUT2D eigenvalue weighted by Gasteiger charge is -2.32. The second-order valence-corrected chi connectivity index (χ2v) is 36.9. The maximum absolute atomic E-state index is 14.0. The van der Waals surface area contributed by atoms with Crippen LogP contribution in [0, 0.1) is 41.3 Å². The average molecular weight is 1470 g/mol. The number of nitrogens with zero attached hydrogens (tertiary/aromatic N) is 1. The summed E-state index contributed by atoms with van der Waals surface area (Å²) in [6, 6.07) is 55.5. The van der Waals surface area contributed by atoms with Gasteiger partial charge in [-0.05, 0) is 202 Å². The van der Waals surface area contributed by atoms with Crippen LogP contribution in [0.3, 0.4) is 0 Å². The molecule has 0 radical (unpaired) electrons. The van der Waals surface area contributed by atoms with Crippen molar-refractivity contribution in [3.8, 4) is 44.6 Å². The van der Waals surface area contributed by atoms with Crippen LogP contribution < -0.4 is 21.3 Å². The number of carbonyl (C=O) groups excluding carboxylic acids is 4. The zero-order chi connectivity index (χ0) is 80.6. The van der Waals surface area contributed by atoms with Gasteiger partial charge in [-0.1, -0.05) is 247 Å². The van der Waals surface area contributed by atoms with Gasteiger partial charge in [0, 0.05) is 61.1 Å². The molecule has 0 amide bonds. The second-order valence-electron chi connectivity index (χ2n) is 36.9. The van der Waals surface area contributed by atoms with Gasteiger partial charge in [0.1, 0.15) is 5.82 Å². The maximum Gasteiger partial charge on any atom is 0.417 e. The predicted octanol–water partition coefficient (Wildman–Crippen LogP) is 22.2. The minimum atomic E-state index is -4.41. The van der Waals surface area contributed by atoms with Gasteiger partial charge in [0.15, 0.2) is 23.1 Å². The quantitative estimate of drug-likeness (QED) is 0.0551. The monoisotopic (exact) mass is 1460 g/mol. The summed E-state index contributed by atoms with van der Waals surface area (Å²) in [6.45, 7) is 52.5. The Bertz CT molecular complexity index is 3860. The van der Waals surface area contributed by atoms with Gasteiger partial charge in [0.05, 0.1) is 35.4 Å². The van der Waals surface area contributed by atoms with E-state index in [0.717, 1.165) is 39.6 Å². The van der Waals surface area contributed by atoms with Gasteiger partial charge in [-0.3, -0.25) is 24.2 Å². The molecule has 0 bridgehead atoms. The van der Waals surface area contributed by atoms with Crippen LogP contribution >= 0.6 is 0 Å². The number of pyridine rings is 1. The molecule has 4 N–H and O–H groups in total. The topological polar surface area (TPSA) is 129 Å². The Hall–Kier alpha value is -8.07. The molecule has 578 valence electrons. The van der Waals surface area contributed by atoms with Crippen molar-refractivity contribution in [2.24, 2.45) is 21.7 Å². The number of alkyl halides is 3. The van der Waals surface area contributed by atoms with E-state index in [4.69, 9.17) is 0 Å². The zero-order valence-corrected chi connectivity index (χ0v) is 69.1. The van der Waals surface area contributed by atoms with Crippen LogP contribution in [0.5, 0.6) is 0 Å². The number of nitrogens with one attached hydrogen (secondary N) is 4.